The molecule has 0 spiro atoms. The minimum absolute atomic E-state index is 0.135. The number of nitrogens with zero attached hydrogens (tertiary/aromatic N) is 3. The van der Waals surface area contributed by atoms with E-state index in [1.54, 1.807) is 12.1 Å². The first-order valence-electron chi connectivity index (χ1n) is 7.75. The van der Waals surface area contributed by atoms with E-state index in [9.17, 15) is 10.1 Å². The Bertz CT molecular complexity index is 700. The van der Waals surface area contributed by atoms with Crippen molar-refractivity contribution in [3.63, 3.8) is 0 Å². The second-order valence-electron chi connectivity index (χ2n) is 5.14. The molecule has 0 heterocycles. The summed E-state index contributed by atoms with van der Waals surface area (Å²) in [4.78, 5) is 14.3. The van der Waals surface area contributed by atoms with Gasteiger partial charge >= 0.3 is 0 Å². The molecular weight excluding hydrogens is 286 g/mol. The van der Waals surface area contributed by atoms with Crippen molar-refractivity contribution in [2.75, 3.05) is 18.0 Å². The lowest BCUT2D eigenvalue weighted by molar-refractivity contribution is -0.119. The minimum atomic E-state index is -0.247. The summed E-state index contributed by atoms with van der Waals surface area (Å²) in [6.07, 6.45) is 0.135. The number of rotatable bonds is 6. The van der Waals surface area contributed by atoms with E-state index in [2.05, 4.69) is 30.1 Å². The predicted octanol–water partition coefficient (Wildman–Crippen LogP) is 3.41. The Morgan fingerprint density at radius 1 is 1.13 bits per heavy atom. The molecule has 0 aliphatic rings. The highest BCUT2D eigenvalue weighted by Crippen LogP contribution is 2.20. The largest absolute Gasteiger partial charge is 0.372 e. The van der Waals surface area contributed by atoms with E-state index in [-0.39, 0.29) is 12.3 Å². The molecule has 0 saturated carbocycles. The molecule has 117 valence electrons. The third-order valence-electron chi connectivity index (χ3n) is 3.69. The molecule has 2 aromatic rings. The SMILES string of the molecule is CCN(CC)c1ccc(CC(=O)[N]c2ccccc2)c(C#N)c1. The number of hydrogen-bond acceptors (Lipinski definition) is 3. The van der Waals surface area contributed by atoms with Crippen LogP contribution in [0.3, 0.4) is 0 Å². The van der Waals surface area contributed by atoms with Crippen LogP contribution in [-0.4, -0.2) is 19.0 Å². The Kier molecular flexibility index (Phi) is 5.76. The van der Waals surface area contributed by atoms with Crippen molar-refractivity contribution < 1.29 is 4.79 Å². The maximum absolute atomic E-state index is 12.1. The highest BCUT2D eigenvalue weighted by Gasteiger charge is 2.12. The minimum Gasteiger partial charge on any atom is -0.372 e. The third kappa shape index (κ3) is 4.33. The Balaban J connectivity index is 2.13. The topological polar surface area (TPSA) is 58.2 Å². The lowest BCUT2D eigenvalue weighted by Gasteiger charge is -2.21. The van der Waals surface area contributed by atoms with Crippen molar-refractivity contribution in [1.82, 2.24) is 5.32 Å². The van der Waals surface area contributed by atoms with Crippen molar-refractivity contribution in [3.8, 4) is 6.07 Å². The molecule has 0 saturated heterocycles. The number of anilines is 1. The summed E-state index contributed by atoms with van der Waals surface area (Å²) in [6.45, 7) is 5.91. The Morgan fingerprint density at radius 2 is 1.83 bits per heavy atom. The molecule has 0 fully saturated rings. The second kappa shape index (κ2) is 8.00. The van der Waals surface area contributed by atoms with Gasteiger partial charge < -0.3 is 4.90 Å². The van der Waals surface area contributed by atoms with E-state index in [0.717, 1.165) is 18.8 Å². The van der Waals surface area contributed by atoms with Gasteiger partial charge in [-0.3, -0.25) is 4.79 Å². The Morgan fingerprint density at radius 3 is 2.43 bits per heavy atom. The predicted molar refractivity (Wildman–Crippen MR) is 91.7 cm³/mol. The molecule has 4 heteroatoms. The summed E-state index contributed by atoms with van der Waals surface area (Å²) in [7, 11) is 0. The van der Waals surface area contributed by atoms with Crippen molar-refractivity contribution in [2.24, 2.45) is 0 Å². The number of carbonyl (C=O) groups is 1. The van der Waals surface area contributed by atoms with E-state index >= 15 is 0 Å². The van der Waals surface area contributed by atoms with Gasteiger partial charge in [0.1, 0.15) is 0 Å². The molecule has 2 rings (SSSR count). The molecule has 0 aromatic heterocycles. The van der Waals surface area contributed by atoms with Gasteiger partial charge in [-0.2, -0.15) is 5.26 Å². The molecule has 23 heavy (non-hydrogen) atoms. The first kappa shape index (κ1) is 16.6. The van der Waals surface area contributed by atoms with Crippen LogP contribution in [0.5, 0.6) is 0 Å². The fourth-order valence-corrected chi connectivity index (χ4v) is 2.46. The van der Waals surface area contributed by atoms with Crippen LogP contribution in [0.25, 0.3) is 0 Å². The van der Waals surface area contributed by atoms with Gasteiger partial charge in [-0.1, -0.05) is 24.3 Å². The van der Waals surface area contributed by atoms with Crippen LogP contribution in [0.2, 0.25) is 0 Å². The fraction of sp³-hybridized carbons (Fsp3) is 0.263. The van der Waals surface area contributed by atoms with Crippen LogP contribution in [0, 0.1) is 11.3 Å². The Labute approximate surface area is 137 Å². The maximum Gasteiger partial charge on any atom is 0.250 e. The molecule has 0 aliphatic heterocycles. The van der Waals surface area contributed by atoms with Gasteiger partial charge in [0, 0.05) is 18.8 Å². The number of nitriles is 1. The van der Waals surface area contributed by atoms with Crippen molar-refractivity contribution >= 4 is 17.3 Å². The van der Waals surface area contributed by atoms with E-state index in [1.807, 2.05) is 36.4 Å². The summed E-state index contributed by atoms with van der Waals surface area (Å²) in [5, 5.41) is 13.4. The van der Waals surface area contributed by atoms with Crippen molar-refractivity contribution in [1.29, 1.82) is 5.26 Å². The maximum atomic E-state index is 12.1. The monoisotopic (exact) mass is 306 g/mol. The van der Waals surface area contributed by atoms with Crippen LogP contribution in [0.1, 0.15) is 25.0 Å². The first-order chi connectivity index (χ1) is 11.2. The number of hydrogen-bond donors (Lipinski definition) is 0. The molecule has 0 unspecified atom stereocenters. The molecule has 4 nitrogen and oxygen atoms in total. The molecule has 0 aliphatic carbocycles. The normalized spacial score (nSPS) is 9.96. The van der Waals surface area contributed by atoms with Crippen LogP contribution in [0.15, 0.2) is 48.5 Å². The molecule has 0 bridgehead atoms. The third-order valence-corrected chi connectivity index (χ3v) is 3.69. The van der Waals surface area contributed by atoms with Crippen molar-refractivity contribution in [2.45, 2.75) is 20.3 Å². The highest BCUT2D eigenvalue weighted by molar-refractivity contribution is 5.83. The van der Waals surface area contributed by atoms with Gasteiger partial charge in [0.05, 0.1) is 23.7 Å². The quantitative estimate of drug-likeness (QED) is 0.821. The highest BCUT2D eigenvalue weighted by atomic mass is 16.1. The summed E-state index contributed by atoms with van der Waals surface area (Å²) >= 11 is 0. The van der Waals surface area contributed by atoms with Gasteiger partial charge in [0.2, 0.25) is 0 Å². The lowest BCUT2D eigenvalue weighted by Crippen LogP contribution is -2.22. The number of para-hydroxylation sites is 1. The summed E-state index contributed by atoms with van der Waals surface area (Å²) in [5.74, 6) is -0.247. The smallest absolute Gasteiger partial charge is 0.250 e. The number of benzene rings is 2. The van der Waals surface area contributed by atoms with E-state index in [4.69, 9.17) is 0 Å². The second-order valence-corrected chi connectivity index (χ2v) is 5.14. The first-order valence-corrected chi connectivity index (χ1v) is 7.75. The molecule has 0 N–H and O–H groups in total. The fourth-order valence-electron chi connectivity index (χ4n) is 2.46. The average Bonchev–Trinajstić information content (AvgIpc) is 2.58. The van der Waals surface area contributed by atoms with Gasteiger partial charge in [0.15, 0.2) is 0 Å². The summed E-state index contributed by atoms with van der Waals surface area (Å²) in [6, 6.07) is 17.0. The molecular formula is C19H20N3O. The molecule has 2 aromatic carbocycles. The summed E-state index contributed by atoms with van der Waals surface area (Å²) < 4.78 is 0. The van der Waals surface area contributed by atoms with Crippen LogP contribution in [0.4, 0.5) is 11.4 Å². The molecule has 1 radical (unpaired) electrons. The zero-order chi connectivity index (χ0) is 16.7. The summed E-state index contributed by atoms with van der Waals surface area (Å²) in [5.41, 5.74) is 2.89. The molecule has 0 atom stereocenters. The lowest BCUT2D eigenvalue weighted by atomic mass is 10.0. The number of amides is 1. The van der Waals surface area contributed by atoms with Crippen molar-refractivity contribution in [3.05, 3.63) is 59.7 Å². The van der Waals surface area contributed by atoms with Crippen LogP contribution >= 0.6 is 0 Å². The zero-order valence-corrected chi connectivity index (χ0v) is 13.5. The van der Waals surface area contributed by atoms with Crippen LogP contribution < -0.4 is 10.2 Å². The standard InChI is InChI=1S/C19H20N3O/c1-3-22(4-2)18-11-10-15(16(12-18)14-20)13-19(23)21-17-8-6-5-7-9-17/h5-12H,3-4,13H2,1-2H3. The Hall–Kier alpha value is -2.80. The van der Waals surface area contributed by atoms with Gasteiger partial charge in [-0.15, -0.1) is 0 Å². The number of carbonyl (C=O) groups excluding carboxylic acids is 1. The van der Waals surface area contributed by atoms with Gasteiger partial charge in [0.25, 0.3) is 5.91 Å². The van der Waals surface area contributed by atoms with E-state index < -0.39 is 0 Å². The van der Waals surface area contributed by atoms with Gasteiger partial charge in [-0.25, -0.2) is 5.32 Å². The van der Waals surface area contributed by atoms with Crippen LogP contribution in [-0.2, 0) is 11.2 Å². The van der Waals surface area contributed by atoms with E-state index in [0.29, 0.717) is 16.8 Å². The van der Waals surface area contributed by atoms with E-state index in [1.165, 1.54) is 0 Å². The zero-order valence-electron chi connectivity index (χ0n) is 13.5. The molecule has 1 amide bonds. The average molecular weight is 306 g/mol. The van der Waals surface area contributed by atoms with Gasteiger partial charge in [-0.05, 0) is 43.7 Å².